The van der Waals surface area contributed by atoms with Crippen LogP contribution in [-0.2, 0) is 16.4 Å². The molecule has 0 unspecified atom stereocenters. The molecular formula is C23H29ClN4O5S. The van der Waals surface area contributed by atoms with Crippen molar-refractivity contribution in [2.75, 3.05) is 26.2 Å². The molecule has 34 heavy (non-hydrogen) atoms. The summed E-state index contributed by atoms with van der Waals surface area (Å²) >= 11 is 6.01. The summed E-state index contributed by atoms with van der Waals surface area (Å²) in [5.74, 6) is 0.143. The molecule has 0 radical (unpaired) electrons. The predicted octanol–water partition coefficient (Wildman–Crippen LogP) is 3.10. The van der Waals surface area contributed by atoms with E-state index in [-0.39, 0.29) is 10.8 Å². The van der Waals surface area contributed by atoms with Crippen molar-refractivity contribution in [1.29, 1.82) is 0 Å². The quantitative estimate of drug-likeness (QED) is 0.479. The SMILES string of the molecule is CCOc1ccc(Cl)cc1C(=O)NCCc1ccc(S(=O)(=O)NC(=O)NN2CCCCC2)cc1. The zero-order valence-electron chi connectivity index (χ0n) is 19.0. The van der Waals surface area contributed by atoms with E-state index in [4.69, 9.17) is 16.3 Å². The number of halogens is 1. The molecule has 1 aliphatic heterocycles. The van der Waals surface area contributed by atoms with Crippen LogP contribution in [0.5, 0.6) is 5.75 Å². The fraction of sp³-hybridized carbons (Fsp3) is 0.391. The van der Waals surface area contributed by atoms with E-state index in [2.05, 4.69) is 10.7 Å². The van der Waals surface area contributed by atoms with Gasteiger partial charge in [0.15, 0.2) is 0 Å². The highest BCUT2D eigenvalue weighted by Crippen LogP contribution is 2.23. The minimum absolute atomic E-state index is 0.0191. The summed E-state index contributed by atoms with van der Waals surface area (Å²) in [5.41, 5.74) is 3.75. The number of hydrogen-bond donors (Lipinski definition) is 3. The summed E-state index contributed by atoms with van der Waals surface area (Å²) in [4.78, 5) is 24.6. The van der Waals surface area contributed by atoms with Gasteiger partial charge in [-0.2, -0.15) is 0 Å². The fourth-order valence-corrected chi connectivity index (χ4v) is 4.64. The van der Waals surface area contributed by atoms with Crippen LogP contribution in [0.1, 0.15) is 42.1 Å². The molecule has 11 heteroatoms. The van der Waals surface area contributed by atoms with E-state index in [1.165, 1.54) is 12.1 Å². The van der Waals surface area contributed by atoms with Gasteiger partial charge in [0.05, 0.1) is 17.1 Å². The maximum Gasteiger partial charge on any atom is 0.343 e. The highest BCUT2D eigenvalue weighted by Gasteiger charge is 2.20. The minimum Gasteiger partial charge on any atom is -0.493 e. The first-order chi connectivity index (χ1) is 16.3. The Bertz CT molecular complexity index is 1100. The van der Waals surface area contributed by atoms with Crippen LogP contribution in [0.25, 0.3) is 0 Å². The van der Waals surface area contributed by atoms with Crippen molar-refractivity contribution < 1.29 is 22.7 Å². The van der Waals surface area contributed by atoms with Crippen molar-refractivity contribution in [2.24, 2.45) is 0 Å². The third-order valence-electron chi connectivity index (χ3n) is 5.26. The number of hydrogen-bond acceptors (Lipinski definition) is 6. The van der Waals surface area contributed by atoms with Gasteiger partial charge < -0.3 is 10.1 Å². The van der Waals surface area contributed by atoms with Crippen LogP contribution in [-0.4, -0.2) is 51.6 Å². The smallest absolute Gasteiger partial charge is 0.343 e. The number of amides is 3. The van der Waals surface area contributed by atoms with Gasteiger partial charge in [-0.3, -0.25) is 10.2 Å². The van der Waals surface area contributed by atoms with Crippen molar-refractivity contribution in [3.8, 4) is 5.75 Å². The van der Waals surface area contributed by atoms with E-state index in [0.29, 0.717) is 49.0 Å². The monoisotopic (exact) mass is 508 g/mol. The van der Waals surface area contributed by atoms with Crippen LogP contribution in [0.15, 0.2) is 47.4 Å². The average molecular weight is 509 g/mol. The second-order valence-electron chi connectivity index (χ2n) is 7.82. The van der Waals surface area contributed by atoms with E-state index in [1.54, 1.807) is 35.3 Å². The van der Waals surface area contributed by atoms with E-state index in [1.807, 2.05) is 11.6 Å². The maximum atomic E-state index is 12.5. The molecule has 2 aromatic rings. The second kappa shape index (κ2) is 12.0. The summed E-state index contributed by atoms with van der Waals surface area (Å²) in [6, 6.07) is 10.2. The zero-order chi connectivity index (χ0) is 24.6. The molecule has 0 saturated carbocycles. The fourth-order valence-electron chi connectivity index (χ4n) is 3.56. The average Bonchev–Trinajstić information content (AvgIpc) is 2.81. The Labute approximate surface area is 204 Å². The lowest BCUT2D eigenvalue weighted by atomic mass is 10.1. The normalized spacial score (nSPS) is 14.3. The number of carbonyl (C=O) groups is 2. The molecule has 1 heterocycles. The number of rotatable bonds is 9. The summed E-state index contributed by atoms with van der Waals surface area (Å²) in [6.07, 6.45) is 3.51. The van der Waals surface area contributed by atoms with Crippen LogP contribution in [0, 0.1) is 0 Å². The van der Waals surface area contributed by atoms with Gasteiger partial charge in [0.1, 0.15) is 5.75 Å². The van der Waals surface area contributed by atoms with E-state index in [9.17, 15) is 18.0 Å². The first kappa shape index (κ1) is 25.8. The molecule has 1 saturated heterocycles. The predicted molar refractivity (Wildman–Crippen MR) is 129 cm³/mol. The lowest BCUT2D eigenvalue weighted by molar-refractivity contribution is 0.0950. The lowest BCUT2D eigenvalue weighted by Gasteiger charge is -2.26. The topological polar surface area (TPSA) is 117 Å². The van der Waals surface area contributed by atoms with Crippen LogP contribution in [0.4, 0.5) is 4.79 Å². The zero-order valence-corrected chi connectivity index (χ0v) is 20.5. The van der Waals surface area contributed by atoms with Crippen LogP contribution in [0.3, 0.4) is 0 Å². The third kappa shape index (κ3) is 7.34. The molecule has 0 spiro atoms. The first-order valence-corrected chi connectivity index (χ1v) is 13.0. The van der Waals surface area contributed by atoms with Crippen molar-refractivity contribution >= 4 is 33.6 Å². The highest BCUT2D eigenvalue weighted by molar-refractivity contribution is 7.90. The second-order valence-corrected chi connectivity index (χ2v) is 9.94. The molecule has 1 fully saturated rings. The van der Waals surface area contributed by atoms with Gasteiger partial charge in [0.25, 0.3) is 15.9 Å². The molecular weight excluding hydrogens is 480 g/mol. The maximum absolute atomic E-state index is 12.5. The number of hydrazine groups is 1. The number of nitrogens with one attached hydrogen (secondary N) is 3. The molecule has 0 atom stereocenters. The number of piperidine rings is 1. The van der Waals surface area contributed by atoms with Gasteiger partial charge in [-0.15, -0.1) is 0 Å². The van der Waals surface area contributed by atoms with Gasteiger partial charge in [-0.25, -0.2) is 22.9 Å². The minimum atomic E-state index is -4.00. The Balaban J connectivity index is 1.52. The molecule has 0 aliphatic carbocycles. The summed E-state index contributed by atoms with van der Waals surface area (Å²) in [5, 5.41) is 4.97. The molecule has 0 bridgehead atoms. The molecule has 1 aliphatic rings. The number of ether oxygens (including phenoxy) is 1. The van der Waals surface area contributed by atoms with E-state index in [0.717, 1.165) is 24.8 Å². The Kier molecular flexibility index (Phi) is 9.14. The van der Waals surface area contributed by atoms with E-state index < -0.39 is 16.1 Å². The Morgan fingerprint density at radius 1 is 1.06 bits per heavy atom. The molecule has 0 aromatic heterocycles. The summed E-state index contributed by atoms with van der Waals surface area (Å²) in [7, 11) is -4.00. The number of sulfonamides is 1. The largest absolute Gasteiger partial charge is 0.493 e. The third-order valence-corrected chi connectivity index (χ3v) is 6.84. The Hall–Kier alpha value is -2.82. The van der Waals surface area contributed by atoms with Crippen LogP contribution < -0.4 is 20.2 Å². The van der Waals surface area contributed by atoms with Crippen LogP contribution >= 0.6 is 11.6 Å². The molecule has 184 valence electrons. The summed E-state index contributed by atoms with van der Waals surface area (Å²) < 4.78 is 32.5. The standard InChI is InChI=1S/C23H29ClN4O5S/c1-2-33-21-11-8-18(24)16-20(21)22(29)25-13-12-17-6-9-19(10-7-17)34(31,32)27-23(30)26-28-14-4-3-5-15-28/h6-11,16H,2-5,12-15H2,1H3,(H,25,29)(H2,26,27,30). The van der Waals surface area contributed by atoms with E-state index >= 15 is 0 Å². The first-order valence-electron chi connectivity index (χ1n) is 11.2. The molecule has 3 rings (SSSR count). The molecule has 3 N–H and O–H groups in total. The van der Waals surface area contributed by atoms with Crippen molar-refractivity contribution in [3.63, 3.8) is 0 Å². The Morgan fingerprint density at radius 3 is 2.44 bits per heavy atom. The highest BCUT2D eigenvalue weighted by atomic mass is 35.5. The van der Waals surface area contributed by atoms with Gasteiger partial charge in [-0.05, 0) is 62.1 Å². The number of nitrogens with zero attached hydrogens (tertiary/aromatic N) is 1. The van der Waals surface area contributed by atoms with Crippen molar-refractivity contribution in [1.82, 2.24) is 20.5 Å². The van der Waals surface area contributed by atoms with Crippen molar-refractivity contribution in [3.05, 3.63) is 58.6 Å². The molecule has 3 amide bonds. The lowest BCUT2D eigenvalue weighted by Crippen LogP contribution is -2.50. The van der Waals surface area contributed by atoms with Gasteiger partial charge in [0.2, 0.25) is 0 Å². The van der Waals surface area contributed by atoms with Gasteiger partial charge >= 0.3 is 6.03 Å². The number of urea groups is 1. The summed E-state index contributed by atoms with van der Waals surface area (Å²) in [6.45, 7) is 3.98. The van der Waals surface area contributed by atoms with Gasteiger partial charge in [0, 0.05) is 24.7 Å². The molecule has 9 nitrogen and oxygen atoms in total. The molecule has 2 aromatic carbocycles. The number of carbonyl (C=O) groups excluding carboxylic acids is 2. The van der Waals surface area contributed by atoms with Crippen LogP contribution in [0.2, 0.25) is 5.02 Å². The van der Waals surface area contributed by atoms with Crippen molar-refractivity contribution in [2.45, 2.75) is 37.5 Å². The Morgan fingerprint density at radius 2 is 1.76 bits per heavy atom. The van der Waals surface area contributed by atoms with Gasteiger partial charge in [-0.1, -0.05) is 30.2 Å². The number of benzene rings is 2.